The first kappa shape index (κ1) is 8.89. The molecular weight excluding hydrogens is 168 g/mol. The number of methoxy groups -OCH3 is 1. The SMILES string of the molecule is COC(=C(C#N)C#N)c1ccco1. The van der Waals surface area contributed by atoms with E-state index in [0.717, 1.165) is 0 Å². The van der Waals surface area contributed by atoms with E-state index in [-0.39, 0.29) is 11.3 Å². The summed E-state index contributed by atoms with van der Waals surface area (Å²) < 4.78 is 9.87. The number of rotatable bonds is 2. The van der Waals surface area contributed by atoms with Gasteiger partial charge in [-0.05, 0) is 12.1 Å². The molecule has 4 heteroatoms. The molecule has 1 aromatic heterocycles. The molecule has 0 aliphatic rings. The lowest BCUT2D eigenvalue weighted by Gasteiger charge is -2.00. The zero-order valence-corrected chi connectivity index (χ0v) is 6.94. The third-order valence-corrected chi connectivity index (χ3v) is 1.40. The molecule has 0 bridgehead atoms. The zero-order valence-electron chi connectivity index (χ0n) is 6.94. The molecule has 0 saturated heterocycles. The van der Waals surface area contributed by atoms with Crippen LogP contribution in [0.15, 0.2) is 28.4 Å². The number of allylic oxidation sites excluding steroid dienone is 1. The van der Waals surface area contributed by atoms with E-state index in [2.05, 4.69) is 0 Å². The molecule has 0 unspecified atom stereocenters. The van der Waals surface area contributed by atoms with Crippen LogP contribution in [0.3, 0.4) is 0 Å². The highest BCUT2D eigenvalue weighted by molar-refractivity contribution is 5.67. The Morgan fingerprint density at radius 2 is 2.15 bits per heavy atom. The predicted molar refractivity (Wildman–Crippen MR) is 43.9 cm³/mol. The van der Waals surface area contributed by atoms with E-state index in [0.29, 0.717) is 5.76 Å². The van der Waals surface area contributed by atoms with E-state index in [1.165, 1.54) is 13.4 Å². The van der Waals surface area contributed by atoms with Crippen molar-refractivity contribution < 1.29 is 9.15 Å². The molecule has 0 spiro atoms. The maximum absolute atomic E-state index is 8.57. The van der Waals surface area contributed by atoms with Gasteiger partial charge in [-0.15, -0.1) is 0 Å². The van der Waals surface area contributed by atoms with Crippen molar-refractivity contribution >= 4 is 5.76 Å². The Labute approximate surface area is 75.3 Å². The van der Waals surface area contributed by atoms with Crippen LogP contribution >= 0.6 is 0 Å². The Bertz CT molecular complexity index is 374. The van der Waals surface area contributed by atoms with Crippen molar-refractivity contribution in [1.82, 2.24) is 0 Å². The van der Waals surface area contributed by atoms with Crippen LogP contribution in [-0.4, -0.2) is 7.11 Å². The molecule has 0 saturated carbocycles. The molecule has 0 aromatic carbocycles. The summed E-state index contributed by atoms with van der Waals surface area (Å²) in [5.74, 6) is 0.538. The summed E-state index contributed by atoms with van der Waals surface area (Å²) >= 11 is 0. The van der Waals surface area contributed by atoms with E-state index < -0.39 is 0 Å². The molecule has 0 fully saturated rings. The van der Waals surface area contributed by atoms with Gasteiger partial charge in [0.25, 0.3) is 0 Å². The predicted octanol–water partition coefficient (Wildman–Crippen LogP) is 1.68. The monoisotopic (exact) mass is 174 g/mol. The first-order chi connectivity index (χ1) is 6.33. The van der Waals surface area contributed by atoms with Gasteiger partial charge in [-0.3, -0.25) is 0 Å². The Morgan fingerprint density at radius 3 is 2.54 bits per heavy atom. The minimum atomic E-state index is -0.0996. The zero-order chi connectivity index (χ0) is 9.68. The Morgan fingerprint density at radius 1 is 1.46 bits per heavy atom. The second kappa shape index (κ2) is 3.99. The molecule has 0 aliphatic carbocycles. The van der Waals surface area contributed by atoms with Crippen LogP contribution in [0.4, 0.5) is 0 Å². The summed E-state index contributed by atoms with van der Waals surface area (Å²) in [6, 6.07) is 6.72. The molecule has 1 aromatic rings. The van der Waals surface area contributed by atoms with Gasteiger partial charge in [-0.25, -0.2) is 0 Å². The van der Waals surface area contributed by atoms with Crippen molar-refractivity contribution in [1.29, 1.82) is 10.5 Å². The maximum Gasteiger partial charge on any atom is 0.190 e. The summed E-state index contributed by atoms with van der Waals surface area (Å²) in [4.78, 5) is 0. The minimum Gasteiger partial charge on any atom is -0.491 e. The summed E-state index contributed by atoms with van der Waals surface area (Å²) in [6.45, 7) is 0. The minimum absolute atomic E-state index is 0.0996. The topological polar surface area (TPSA) is 69.9 Å². The normalized spacial score (nSPS) is 8.23. The fourth-order valence-electron chi connectivity index (χ4n) is 0.860. The highest BCUT2D eigenvalue weighted by atomic mass is 16.5. The van der Waals surface area contributed by atoms with Gasteiger partial charge in [-0.1, -0.05) is 0 Å². The first-order valence-corrected chi connectivity index (χ1v) is 3.45. The number of nitriles is 2. The van der Waals surface area contributed by atoms with Gasteiger partial charge in [0, 0.05) is 0 Å². The van der Waals surface area contributed by atoms with Gasteiger partial charge in [0.1, 0.15) is 12.1 Å². The van der Waals surface area contributed by atoms with Crippen molar-refractivity contribution in [3.63, 3.8) is 0 Å². The lowest BCUT2D eigenvalue weighted by atomic mass is 10.2. The van der Waals surface area contributed by atoms with E-state index in [4.69, 9.17) is 19.7 Å². The summed E-state index contributed by atoms with van der Waals surface area (Å²) in [7, 11) is 1.38. The molecule has 1 heterocycles. The third kappa shape index (κ3) is 1.69. The second-order valence-corrected chi connectivity index (χ2v) is 2.11. The van der Waals surface area contributed by atoms with Gasteiger partial charge in [0.2, 0.25) is 0 Å². The van der Waals surface area contributed by atoms with Crippen LogP contribution in [0.25, 0.3) is 5.76 Å². The lowest BCUT2D eigenvalue weighted by molar-refractivity contribution is 0.351. The smallest absolute Gasteiger partial charge is 0.190 e. The standard InChI is InChI=1S/C9H6N2O2/c1-12-9(7(5-10)6-11)8-3-2-4-13-8/h2-4H,1H3. The molecule has 0 N–H and O–H groups in total. The highest BCUT2D eigenvalue weighted by Gasteiger charge is 2.11. The Balaban J connectivity index is 3.21. The molecule has 64 valence electrons. The van der Waals surface area contributed by atoms with Gasteiger partial charge in [0.15, 0.2) is 17.1 Å². The van der Waals surface area contributed by atoms with Crippen molar-refractivity contribution in [2.24, 2.45) is 0 Å². The van der Waals surface area contributed by atoms with Gasteiger partial charge >= 0.3 is 0 Å². The maximum atomic E-state index is 8.57. The molecule has 0 aliphatic heterocycles. The average Bonchev–Trinajstić information content (AvgIpc) is 2.66. The fourth-order valence-corrected chi connectivity index (χ4v) is 0.860. The summed E-state index contributed by atoms with van der Waals surface area (Å²) in [5.41, 5.74) is -0.0996. The molecule has 0 radical (unpaired) electrons. The van der Waals surface area contributed by atoms with E-state index >= 15 is 0 Å². The van der Waals surface area contributed by atoms with Gasteiger partial charge in [0.05, 0.1) is 13.4 Å². The van der Waals surface area contributed by atoms with E-state index in [1.54, 1.807) is 24.3 Å². The molecular formula is C9H6N2O2. The molecule has 4 nitrogen and oxygen atoms in total. The average molecular weight is 174 g/mol. The highest BCUT2D eigenvalue weighted by Crippen LogP contribution is 2.18. The Kier molecular flexibility index (Phi) is 2.73. The number of hydrogen-bond donors (Lipinski definition) is 0. The van der Waals surface area contributed by atoms with Crippen molar-refractivity contribution in [2.45, 2.75) is 0 Å². The Hall–Kier alpha value is -2.20. The van der Waals surface area contributed by atoms with Crippen LogP contribution < -0.4 is 0 Å². The molecule has 0 atom stereocenters. The van der Waals surface area contributed by atoms with Crippen molar-refractivity contribution in [3.05, 3.63) is 29.7 Å². The van der Waals surface area contributed by atoms with Crippen LogP contribution in [-0.2, 0) is 4.74 Å². The van der Waals surface area contributed by atoms with Gasteiger partial charge < -0.3 is 9.15 Å². The van der Waals surface area contributed by atoms with E-state index in [9.17, 15) is 0 Å². The van der Waals surface area contributed by atoms with Crippen LogP contribution in [0.2, 0.25) is 0 Å². The molecule has 13 heavy (non-hydrogen) atoms. The number of ether oxygens (including phenoxy) is 1. The quantitative estimate of drug-likeness (QED) is 0.505. The number of furan rings is 1. The van der Waals surface area contributed by atoms with Crippen LogP contribution in [0, 0.1) is 22.7 Å². The lowest BCUT2D eigenvalue weighted by Crippen LogP contribution is -1.89. The second-order valence-electron chi connectivity index (χ2n) is 2.11. The van der Waals surface area contributed by atoms with Crippen molar-refractivity contribution in [2.75, 3.05) is 7.11 Å². The molecule has 1 rings (SSSR count). The van der Waals surface area contributed by atoms with Crippen LogP contribution in [0.1, 0.15) is 5.76 Å². The summed E-state index contributed by atoms with van der Waals surface area (Å²) in [6.07, 6.45) is 1.45. The van der Waals surface area contributed by atoms with Crippen LogP contribution in [0.5, 0.6) is 0 Å². The largest absolute Gasteiger partial charge is 0.491 e. The molecule has 0 amide bonds. The van der Waals surface area contributed by atoms with Crippen molar-refractivity contribution in [3.8, 4) is 12.1 Å². The fraction of sp³-hybridized carbons (Fsp3) is 0.111. The number of nitrogens with zero attached hydrogens (tertiary/aromatic N) is 2. The third-order valence-electron chi connectivity index (χ3n) is 1.40. The van der Waals surface area contributed by atoms with E-state index in [1.807, 2.05) is 0 Å². The summed E-state index contributed by atoms with van der Waals surface area (Å²) in [5, 5.41) is 17.1. The van der Waals surface area contributed by atoms with Gasteiger partial charge in [-0.2, -0.15) is 10.5 Å². The number of hydrogen-bond acceptors (Lipinski definition) is 4. The first-order valence-electron chi connectivity index (χ1n) is 3.45.